The Balaban J connectivity index is 1.63. The number of amides is 1. The molecular formula is C15H17FN4O. The number of hydrogen-bond donors (Lipinski definition) is 1. The van der Waals surface area contributed by atoms with Crippen LogP contribution >= 0.6 is 0 Å². The number of halogens is 1. The van der Waals surface area contributed by atoms with Crippen LogP contribution in [0.15, 0.2) is 36.5 Å². The summed E-state index contributed by atoms with van der Waals surface area (Å²) in [5.74, 6) is 0.134. The van der Waals surface area contributed by atoms with Gasteiger partial charge in [0.15, 0.2) is 0 Å². The van der Waals surface area contributed by atoms with Crippen molar-refractivity contribution in [2.24, 2.45) is 0 Å². The number of carbonyl (C=O) groups is 1. The Morgan fingerprint density at radius 2 is 1.86 bits per heavy atom. The summed E-state index contributed by atoms with van der Waals surface area (Å²) in [4.78, 5) is 14.1. The van der Waals surface area contributed by atoms with Crippen LogP contribution in [0, 0.1) is 5.82 Å². The summed E-state index contributed by atoms with van der Waals surface area (Å²) < 4.78 is 14.8. The van der Waals surface area contributed by atoms with Gasteiger partial charge in [0, 0.05) is 24.8 Å². The third kappa shape index (κ3) is 2.89. The van der Waals surface area contributed by atoms with Crippen molar-refractivity contribution in [3.8, 4) is 0 Å². The van der Waals surface area contributed by atoms with Crippen LogP contribution in [0.2, 0.25) is 0 Å². The second-order valence-electron chi connectivity index (χ2n) is 5.25. The number of nitrogens with zero attached hydrogens (tertiary/aromatic N) is 3. The summed E-state index contributed by atoms with van der Waals surface area (Å²) >= 11 is 0. The molecular weight excluding hydrogens is 271 g/mol. The van der Waals surface area contributed by atoms with Crippen molar-refractivity contribution in [3.63, 3.8) is 0 Å². The molecule has 0 saturated carbocycles. The number of carbonyl (C=O) groups excluding carboxylic acids is 1. The SMILES string of the molecule is Nc1ccn(C2CCN(C(=O)c3ccc(F)cc3)CC2)n1. The molecule has 2 N–H and O–H groups in total. The lowest BCUT2D eigenvalue weighted by Gasteiger charge is -2.32. The predicted octanol–water partition coefficient (Wildman–Crippen LogP) is 2.08. The highest BCUT2D eigenvalue weighted by molar-refractivity contribution is 5.94. The summed E-state index contributed by atoms with van der Waals surface area (Å²) in [5, 5.41) is 4.22. The molecule has 1 saturated heterocycles. The summed E-state index contributed by atoms with van der Waals surface area (Å²) in [6, 6.07) is 7.73. The Bertz CT molecular complexity index is 629. The molecule has 21 heavy (non-hydrogen) atoms. The maximum Gasteiger partial charge on any atom is 0.253 e. The van der Waals surface area contributed by atoms with Gasteiger partial charge in [-0.3, -0.25) is 9.48 Å². The molecule has 1 fully saturated rings. The van der Waals surface area contributed by atoms with Gasteiger partial charge in [-0.15, -0.1) is 0 Å². The van der Waals surface area contributed by atoms with Gasteiger partial charge in [0.05, 0.1) is 6.04 Å². The molecule has 0 atom stereocenters. The van der Waals surface area contributed by atoms with Crippen molar-refractivity contribution in [1.82, 2.24) is 14.7 Å². The van der Waals surface area contributed by atoms with Gasteiger partial charge in [-0.1, -0.05) is 0 Å². The summed E-state index contributed by atoms with van der Waals surface area (Å²) in [7, 11) is 0. The zero-order valence-corrected chi connectivity index (χ0v) is 11.6. The van der Waals surface area contributed by atoms with Gasteiger partial charge in [-0.05, 0) is 43.2 Å². The molecule has 3 rings (SSSR count). The molecule has 1 aromatic carbocycles. The topological polar surface area (TPSA) is 64.2 Å². The molecule has 2 heterocycles. The third-order valence-electron chi connectivity index (χ3n) is 3.85. The Labute approximate surface area is 122 Å². The van der Waals surface area contributed by atoms with Crippen LogP contribution in [-0.2, 0) is 0 Å². The first kappa shape index (κ1) is 13.6. The monoisotopic (exact) mass is 288 g/mol. The molecule has 0 spiro atoms. The zero-order chi connectivity index (χ0) is 14.8. The quantitative estimate of drug-likeness (QED) is 0.920. The number of piperidine rings is 1. The molecule has 0 radical (unpaired) electrons. The number of hydrogen-bond acceptors (Lipinski definition) is 3. The molecule has 0 aliphatic carbocycles. The molecule has 1 aliphatic rings. The van der Waals surface area contributed by atoms with Crippen molar-refractivity contribution in [2.75, 3.05) is 18.8 Å². The van der Waals surface area contributed by atoms with Crippen LogP contribution in [-0.4, -0.2) is 33.7 Å². The van der Waals surface area contributed by atoms with Gasteiger partial charge in [0.1, 0.15) is 11.6 Å². The summed E-state index contributed by atoms with van der Waals surface area (Å²) in [6.45, 7) is 1.33. The van der Waals surface area contributed by atoms with E-state index in [0.717, 1.165) is 12.8 Å². The van der Waals surface area contributed by atoms with E-state index < -0.39 is 0 Å². The van der Waals surface area contributed by atoms with Gasteiger partial charge in [0.25, 0.3) is 5.91 Å². The van der Waals surface area contributed by atoms with E-state index in [-0.39, 0.29) is 17.8 Å². The molecule has 0 bridgehead atoms. The van der Waals surface area contributed by atoms with E-state index >= 15 is 0 Å². The van der Waals surface area contributed by atoms with E-state index in [4.69, 9.17) is 5.73 Å². The first-order chi connectivity index (χ1) is 10.1. The first-order valence-corrected chi connectivity index (χ1v) is 6.99. The molecule has 6 heteroatoms. The molecule has 1 aromatic heterocycles. The van der Waals surface area contributed by atoms with E-state index in [1.54, 1.807) is 11.0 Å². The number of nitrogens with two attached hydrogens (primary N) is 1. The standard InChI is InChI=1S/C15H17FN4O/c16-12-3-1-11(2-4-12)15(21)19-8-5-13(6-9-19)20-10-7-14(17)18-20/h1-4,7,10,13H,5-6,8-9H2,(H2,17,18). The van der Waals surface area contributed by atoms with E-state index in [0.29, 0.717) is 24.5 Å². The van der Waals surface area contributed by atoms with Gasteiger partial charge in [0.2, 0.25) is 0 Å². The molecule has 2 aromatic rings. The van der Waals surface area contributed by atoms with Crippen LogP contribution in [0.1, 0.15) is 29.2 Å². The van der Waals surface area contributed by atoms with Gasteiger partial charge in [-0.25, -0.2) is 4.39 Å². The Morgan fingerprint density at radius 3 is 2.43 bits per heavy atom. The van der Waals surface area contributed by atoms with Gasteiger partial charge in [-0.2, -0.15) is 5.10 Å². The number of nitrogen functional groups attached to an aromatic ring is 1. The highest BCUT2D eigenvalue weighted by Crippen LogP contribution is 2.23. The van der Waals surface area contributed by atoms with E-state index in [9.17, 15) is 9.18 Å². The normalized spacial score (nSPS) is 16.1. The molecule has 110 valence electrons. The van der Waals surface area contributed by atoms with E-state index in [1.165, 1.54) is 24.3 Å². The summed E-state index contributed by atoms with van der Waals surface area (Å²) in [6.07, 6.45) is 3.56. The minimum atomic E-state index is -0.332. The molecule has 1 amide bonds. The molecule has 1 aliphatic heterocycles. The highest BCUT2D eigenvalue weighted by atomic mass is 19.1. The lowest BCUT2D eigenvalue weighted by atomic mass is 10.0. The fraction of sp³-hybridized carbons (Fsp3) is 0.333. The number of anilines is 1. The Morgan fingerprint density at radius 1 is 1.19 bits per heavy atom. The van der Waals surface area contributed by atoms with Crippen LogP contribution in [0.5, 0.6) is 0 Å². The fourth-order valence-electron chi connectivity index (χ4n) is 2.66. The minimum absolute atomic E-state index is 0.0478. The zero-order valence-electron chi connectivity index (χ0n) is 11.6. The fourth-order valence-corrected chi connectivity index (χ4v) is 2.66. The van der Waals surface area contributed by atoms with Crippen molar-refractivity contribution < 1.29 is 9.18 Å². The largest absolute Gasteiger partial charge is 0.382 e. The molecule has 0 unspecified atom stereocenters. The maximum atomic E-state index is 12.9. The van der Waals surface area contributed by atoms with Crippen LogP contribution in [0.4, 0.5) is 10.2 Å². The Kier molecular flexibility index (Phi) is 3.60. The average molecular weight is 288 g/mol. The van der Waals surface area contributed by atoms with E-state index in [1.807, 2.05) is 10.9 Å². The number of benzene rings is 1. The minimum Gasteiger partial charge on any atom is -0.382 e. The van der Waals surface area contributed by atoms with Crippen LogP contribution in [0.3, 0.4) is 0 Å². The van der Waals surface area contributed by atoms with Crippen molar-refractivity contribution >= 4 is 11.7 Å². The smallest absolute Gasteiger partial charge is 0.253 e. The maximum absolute atomic E-state index is 12.9. The summed E-state index contributed by atoms with van der Waals surface area (Å²) in [5.41, 5.74) is 6.15. The number of rotatable bonds is 2. The van der Waals surface area contributed by atoms with Crippen molar-refractivity contribution in [2.45, 2.75) is 18.9 Å². The molecule has 5 nitrogen and oxygen atoms in total. The predicted molar refractivity (Wildman–Crippen MR) is 77.2 cm³/mol. The highest BCUT2D eigenvalue weighted by Gasteiger charge is 2.24. The number of likely N-dealkylation sites (tertiary alicyclic amines) is 1. The van der Waals surface area contributed by atoms with Gasteiger partial charge >= 0.3 is 0 Å². The van der Waals surface area contributed by atoms with Crippen molar-refractivity contribution in [3.05, 3.63) is 47.9 Å². The number of aromatic nitrogens is 2. The van der Waals surface area contributed by atoms with Crippen LogP contribution < -0.4 is 5.73 Å². The average Bonchev–Trinajstić information content (AvgIpc) is 2.94. The van der Waals surface area contributed by atoms with E-state index in [2.05, 4.69) is 5.10 Å². The Hall–Kier alpha value is -2.37. The second kappa shape index (κ2) is 5.55. The first-order valence-electron chi connectivity index (χ1n) is 6.99. The van der Waals surface area contributed by atoms with Crippen LogP contribution in [0.25, 0.3) is 0 Å². The van der Waals surface area contributed by atoms with Crippen molar-refractivity contribution in [1.29, 1.82) is 0 Å². The van der Waals surface area contributed by atoms with Gasteiger partial charge < -0.3 is 10.6 Å². The second-order valence-corrected chi connectivity index (χ2v) is 5.25. The third-order valence-corrected chi connectivity index (χ3v) is 3.85. The lowest BCUT2D eigenvalue weighted by molar-refractivity contribution is 0.0690. The lowest BCUT2D eigenvalue weighted by Crippen LogP contribution is -2.39.